The molecular weight excluding hydrogens is 247 g/mol. The van der Waals surface area contributed by atoms with Crippen LogP contribution in [0.3, 0.4) is 0 Å². The Labute approximate surface area is 107 Å². The number of hydrogen-bond acceptors (Lipinski definition) is 3. The van der Waals surface area contributed by atoms with Gasteiger partial charge in [-0.2, -0.15) is 0 Å². The summed E-state index contributed by atoms with van der Waals surface area (Å²) in [7, 11) is 0. The average molecular weight is 256 g/mol. The van der Waals surface area contributed by atoms with Crippen molar-refractivity contribution < 1.29 is 9.60 Å². The molecule has 19 heavy (non-hydrogen) atoms. The number of aromatic nitrogens is 2. The van der Waals surface area contributed by atoms with Crippen LogP contribution in [0.2, 0.25) is 0 Å². The van der Waals surface area contributed by atoms with Gasteiger partial charge in [0.05, 0.1) is 16.5 Å². The number of rotatable bonds is 1. The molecule has 3 aromatic rings. The van der Waals surface area contributed by atoms with E-state index in [0.29, 0.717) is 10.2 Å². The van der Waals surface area contributed by atoms with Gasteiger partial charge in [0.1, 0.15) is 5.82 Å². The molecule has 0 aliphatic carbocycles. The zero-order chi connectivity index (χ0) is 13.4. The predicted molar refractivity (Wildman–Crippen MR) is 68.6 cm³/mol. The van der Waals surface area contributed by atoms with Gasteiger partial charge in [0.15, 0.2) is 5.82 Å². The van der Waals surface area contributed by atoms with Crippen LogP contribution in [0.1, 0.15) is 0 Å². The molecule has 1 aromatic heterocycles. The first-order valence-electron chi connectivity index (χ1n) is 5.64. The second-order valence-electron chi connectivity index (χ2n) is 4.05. The van der Waals surface area contributed by atoms with E-state index in [1.165, 1.54) is 18.2 Å². The number of fused-ring (bicyclic) bond motifs is 1. The van der Waals surface area contributed by atoms with Gasteiger partial charge in [-0.25, -0.2) is 9.37 Å². The highest BCUT2D eigenvalue weighted by Gasteiger charge is 2.14. The average Bonchev–Trinajstić information content (AvgIpc) is 2.44. The van der Waals surface area contributed by atoms with Crippen molar-refractivity contribution >= 4 is 10.9 Å². The molecule has 1 N–H and O–H groups in total. The predicted octanol–water partition coefficient (Wildman–Crippen LogP) is 2.44. The molecule has 0 saturated heterocycles. The van der Waals surface area contributed by atoms with E-state index in [-0.39, 0.29) is 16.8 Å². The van der Waals surface area contributed by atoms with Crippen molar-refractivity contribution in [1.29, 1.82) is 0 Å². The molecule has 3 rings (SSSR count). The van der Waals surface area contributed by atoms with E-state index in [9.17, 15) is 14.4 Å². The van der Waals surface area contributed by atoms with Gasteiger partial charge in [-0.15, -0.1) is 4.73 Å². The Balaban J connectivity index is 2.40. The highest BCUT2D eigenvalue weighted by atomic mass is 19.1. The minimum Gasteiger partial charge on any atom is -0.423 e. The molecule has 0 unspecified atom stereocenters. The summed E-state index contributed by atoms with van der Waals surface area (Å²) in [5, 5.41) is 10.1. The van der Waals surface area contributed by atoms with Crippen LogP contribution in [0.25, 0.3) is 22.3 Å². The van der Waals surface area contributed by atoms with Crippen LogP contribution >= 0.6 is 0 Å². The highest BCUT2D eigenvalue weighted by molar-refractivity contribution is 5.79. The Kier molecular flexibility index (Phi) is 2.52. The van der Waals surface area contributed by atoms with E-state index in [0.717, 1.165) is 0 Å². The van der Waals surface area contributed by atoms with Crippen LogP contribution in [0.15, 0.2) is 53.3 Å². The lowest BCUT2D eigenvalue weighted by Gasteiger charge is -2.08. The second-order valence-corrected chi connectivity index (χ2v) is 4.05. The van der Waals surface area contributed by atoms with Crippen molar-refractivity contribution in [3.8, 4) is 11.4 Å². The molecular formula is C14H9FN2O2. The normalized spacial score (nSPS) is 10.8. The third-order valence-corrected chi connectivity index (χ3v) is 2.87. The van der Waals surface area contributed by atoms with E-state index >= 15 is 0 Å². The molecule has 0 bridgehead atoms. The standard InChI is InChI=1S/C14H9FN2O2/c15-11-7-3-1-5-9(11)13-16-12-8-4-2-6-10(12)14(18)17(13)19/h1-8,19H. The van der Waals surface area contributed by atoms with Crippen molar-refractivity contribution in [2.24, 2.45) is 0 Å². The molecule has 1 heterocycles. The molecule has 2 aromatic carbocycles. The fraction of sp³-hybridized carbons (Fsp3) is 0. The summed E-state index contributed by atoms with van der Waals surface area (Å²) >= 11 is 0. The second kappa shape index (κ2) is 4.20. The lowest BCUT2D eigenvalue weighted by atomic mass is 10.2. The number of nitrogens with zero attached hydrogens (tertiary/aromatic N) is 2. The minimum absolute atomic E-state index is 0.0767. The van der Waals surface area contributed by atoms with Gasteiger partial charge < -0.3 is 5.21 Å². The Hall–Kier alpha value is -2.69. The molecule has 94 valence electrons. The summed E-state index contributed by atoms with van der Waals surface area (Å²) in [6.07, 6.45) is 0. The highest BCUT2D eigenvalue weighted by Crippen LogP contribution is 2.20. The maximum Gasteiger partial charge on any atom is 0.294 e. The number of benzene rings is 2. The molecule has 0 aliphatic heterocycles. The Morgan fingerprint density at radius 3 is 2.53 bits per heavy atom. The fourth-order valence-electron chi connectivity index (χ4n) is 1.94. The minimum atomic E-state index is -0.621. The number of halogens is 1. The van der Waals surface area contributed by atoms with Crippen molar-refractivity contribution in [3.05, 3.63) is 64.7 Å². The van der Waals surface area contributed by atoms with Gasteiger partial charge in [0, 0.05) is 0 Å². The topological polar surface area (TPSA) is 55.1 Å². The summed E-state index contributed by atoms with van der Waals surface area (Å²) in [6, 6.07) is 12.4. The van der Waals surface area contributed by atoms with E-state index in [1.807, 2.05) is 0 Å². The van der Waals surface area contributed by atoms with Gasteiger partial charge in [-0.05, 0) is 24.3 Å². The van der Waals surface area contributed by atoms with Gasteiger partial charge in [0.2, 0.25) is 0 Å². The van der Waals surface area contributed by atoms with Crippen LogP contribution in [0.5, 0.6) is 0 Å². The van der Waals surface area contributed by atoms with Gasteiger partial charge in [-0.1, -0.05) is 24.3 Å². The van der Waals surface area contributed by atoms with Crippen LogP contribution < -0.4 is 5.56 Å². The smallest absolute Gasteiger partial charge is 0.294 e. The SMILES string of the molecule is O=c1c2ccccc2nc(-c2ccccc2F)n1O. The van der Waals surface area contributed by atoms with Gasteiger partial charge in [0.25, 0.3) is 5.56 Å². The van der Waals surface area contributed by atoms with Crippen LogP contribution in [-0.4, -0.2) is 14.9 Å². The maximum atomic E-state index is 13.7. The van der Waals surface area contributed by atoms with E-state index in [1.54, 1.807) is 30.3 Å². The Morgan fingerprint density at radius 2 is 1.74 bits per heavy atom. The molecule has 0 amide bonds. The molecule has 0 radical (unpaired) electrons. The lowest BCUT2D eigenvalue weighted by Crippen LogP contribution is -2.21. The maximum absolute atomic E-state index is 13.7. The largest absolute Gasteiger partial charge is 0.423 e. The molecule has 4 nitrogen and oxygen atoms in total. The van der Waals surface area contributed by atoms with E-state index < -0.39 is 11.4 Å². The summed E-state index contributed by atoms with van der Waals surface area (Å²) < 4.78 is 14.1. The summed E-state index contributed by atoms with van der Waals surface area (Å²) in [4.78, 5) is 16.1. The fourth-order valence-corrected chi connectivity index (χ4v) is 1.94. The van der Waals surface area contributed by atoms with Crippen molar-refractivity contribution in [3.63, 3.8) is 0 Å². The summed E-state index contributed by atoms with van der Waals surface area (Å²) in [5.74, 6) is -0.658. The van der Waals surface area contributed by atoms with Gasteiger partial charge in [-0.3, -0.25) is 4.79 Å². The van der Waals surface area contributed by atoms with Crippen LogP contribution in [-0.2, 0) is 0 Å². The molecule has 0 spiro atoms. The zero-order valence-corrected chi connectivity index (χ0v) is 9.75. The molecule has 0 aliphatic rings. The van der Waals surface area contributed by atoms with Gasteiger partial charge >= 0.3 is 0 Å². The molecule has 5 heteroatoms. The molecule has 0 atom stereocenters. The van der Waals surface area contributed by atoms with E-state index in [2.05, 4.69) is 4.98 Å². The Morgan fingerprint density at radius 1 is 1.05 bits per heavy atom. The first kappa shape index (κ1) is 11.4. The third-order valence-electron chi connectivity index (χ3n) is 2.87. The number of hydrogen-bond donors (Lipinski definition) is 1. The Bertz CT molecular complexity index is 827. The third kappa shape index (κ3) is 1.76. The van der Waals surface area contributed by atoms with E-state index in [4.69, 9.17) is 0 Å². The zero-order valence-electron chi connectivity index (χ0n) is 9.75. The monoisotopic (exact) mass is 256 g/mol. The van der Waals surface area contributed by atoms with Crippen molar-refractivity contribution in [1.82, 2.24) is 9.71 Å². The van der Waals surface area contributed by atoms with Crippen LogP contribution in [0, 0.1) is 5.82 Å². The lowest BCUT2D eigenvalue weighted by molar-refractivity contribution is 0.178. The molecule has 0 fully saturated rings. The quantitative estimate of drug-likeness (QED) is 0.680. The summed E-state index contributed by atoms with van der Waals surface area (Å²) in [5.41, 5.74) is -0.132. The van der Waals surface area contributed by atoms with Crippen molar-refractivity contribution in [2.45, 2.75) is 0 Å². The first-order chi connectivity index (χ1) is 9.18. The van der Waals surface area contributed by atoms with Crippen molar-refractivity contribution in [2.75, 3.05) is 0 Å². The summed E-state index contributed by atoms with van der Waals surface area (Å²) in [6.45, 7) is 0. The number of para-hydroxylation sites is 1. The first-order valence-corrected chi connectivity index (χ1v) is 5.64. The van der Waals surface area contributed by atoms with Crippen LogP contribution in [0.4, 0.5) is 4.39 Å². The molecule has 0 saturated carbocycles.